The van der Waals surface area contributed by atoms with Crippen LogP contribution in [-0.4, -0.2) is 78.7 Å². The molecule has 1 amide bonds. The average Bonchev–Trinajstić information content (AvgIpc) is 3.35. The molecule has 1 aliphatic heterocycles. The number of ether oxygens (including phenoxy) is 1. The number of hydrogen-bond donors (Lipinski definition) is 0. The Bertz CT molecular complexity index is 1040. The van der Waals surface area contributed by atoms with Gasteiger partial charge in [0.05, 0.1) is 6.61 Å². The van der Waals surface area contributed by atoms with Crippen molar-refractivity contribution in [2.75, 3.05) is 39.8 Å². The van der Waals surface area contributed by atoms with Crippen LogP contribution >= 0.6 is 11.3 Å². The van der Waals surface area contributed by atoms with Gasteiger partial charge in [-0.2, -0.15) is 17.0 Å². The predicted octanol–water partition coefficient (Wildman–Crippen LogP) is 3.48. The summed E-state index contributed by atoms with van der Waals surface area (Å²) in [4.78, 5) is 19.2. The highest BCUT2D eigenvalue weighted by atomic mass is 32.2. The standard InChI is InChI=1S/C23H32N4O4S2/c1-3-31-20-11-9-18(10-12-20)22-24-21(17-32-22)23(28)26-13-15-27(16-14-26)33(29,30)25(2)19-7-5-4-6-8-19/h9-12,17,19H,3-8,13-16H2,1-2H3. The van der Waals surface area contributed by atoms with Crippen molar-refractivity contribution in [1.29, 1.82) is 0 Å². The molecule has 1 saturated heterocycles. The first-order valence-corrected chi connectivity index (χ1v) is 13.9. The average molecular weight is 493 g/mol. The fourth-order valence-corrected chi connectivity index (χ4v) is 6.84. The molecule has 2 aromatic rings. The van der Waals surface area contributed by atoms with Crippen molar-refractivity contribution in [3.8, 4) is 16.3 Å². The third-order valence-electron chi connectivity index (χ3n) is 6.44. The molecule has 2 aliphatic rings. The fourth-order valence-electron chi connectivity index (χ4n) is 4.46. The van der Waals surface area contributed by atoms with E-state index in [0.717, 1.165) is 42.0 Å². The lowest BCUT2D eigenvalue weighted by Crippen LogP contribution is -2.55. The molecule has 1 aromatic heterocycles. The number of hydrogen-bond acceptors (Lipinski definition) is 6. The molecule has 1 aliphatic carbocycles. The lowest BCUT2D eigenvalue weighted by atomic mass is 9.96. The smallest absolute Gasteiger partial charge is 0.282 e. The molecule has 180 valence electrons. The Morgan fingerprint density at radius 2 is 1.79 bits per heavy atom. The van der Waals surface area contributed by atoms with Crippen molar-refractivity contribution in [3.05, 3.63) is 35.3 Å². The van der Waals surface area contributed by atoms with E-state index >= 15 is 0 Å². The summed E-state index contributed by atoms with van der Waals surface area (Å²) in [7, 11) is -1.82. The van der Waals surface area contributed by atoms with Crippen molar-refractivity contribution in [2.24, 2.45) is 0 Å². The van der Waals surface area contributed by atoms with E-state index in [2.05, 4.69) is 4.98 Å². The third kappa shape index (κ3) is 5.40. The topological polar surface area (TPSA) is 83.0 Å². The molecule has 8 nitrogen and oxygen atoms in total. The second kappa shape index (κ2) is 10.5. The van der Waals surface area contributed by atoms with E-state index in [1.165, 1.54) is 22.1 Å². The van der Waals surface area contributed by atoms with Gasteiger partial charge in [0.1, 0.15) is 16.5 Å². The van der Waals surface area contributed by atoms with E-state index in [1.54, 1.807) is 21.6 Å². The normalized spacial score (nSPS) is 18.6. The van der Waals surface area contributed by atoms with Crippen LogP contribution in [0.25, 0.3) is 10.6 Å². The van der Waals surface area contributed by atoms with E-state index < -0.39 is 10.2 Å². The molecule has 0 atom stereocenters. The van der Waals surface area contributed by atoms with Crippen LogP contribution in [0.3, 0.4) is 0 Å². The van der Waals surface area contributed by atoms with Crippen LogP contribution in [0.1, 0.15) is 49.5 Å². The first-order chi connectivity index (χ1) is 15.9. The lowest BCUT2D eigenvalue weighted by Gasteiger charge is -2.38. The number of carbonyl (C=O) groups is 1. The fraction of sp³-hybridized carbons (Fsp3) is 0.565. The molecule has 0 spiro atoms. The maximum Gasteiger partial charge on any atom is 0.282 e. The minimum absolute atomic E-state index is 0.0828. The molecular formula is C23H32N4O4S2. The quantitative estimate of drug-likeness (QED) is 0.591. The van der Waals surface area contributed by atoms with Crippen LogP contribution in [0.2, 0.25) is 0 Å². The Hall–Kier alpha value is -2.01. The van der Waals surface area contributed by atoms with Gasteiger partial charge < -0.3 is 9.64 Å². The Labute approximate surface area is 200 Å². The highest BCUT2D eigenvalue weighted by Crippen LogP contribution is 2.27. The Balaban J connectivity index is 1.35. The van der Waals surface area contributed by atoms with Crippen molar-refractivity contribution >= 4 is 27.5 Å². The number of piperazine rings is 1. The zero-order chi connectivity index (χ0) is 23.4. The molecule has 10 heteroatoms. The van der Waals surface area contributed by atoms with Gasteiger partial charge in [-0.25, -0.2) is 4.98 Å². The number of rotatable bonds is 7. The number of aromatic nitrogens is 1. The number of amides is 1. The van der Waals surface area contributed by atoms with Gasteiger partial charge in [0.15, 0.2) is 0 Å². The molecule has 2 heterocycles. The predicted molar refractivity (Wildman–Crippen MR) is 130 cm³/mol. The SMILES string of the molecule is CCOc1ccc(-c2nc(C(=O)N3CCN(S(=O)(=O)N(C)C4CCCCC4)CC3)cs2)cc1. The zero-order valence-electron chi connectivity index (χ0n) is 19.3. The number of carbonyl (C=O) groups excluding carboxylic acids is 1. The van der Waals surface area contributed by atoms with Crippen molar-refractivity contribution in [3.63, 3.8) is 0 Å². The molecular weight excluding hydrogens is 460 g/mol. The second-order valence-electron chi connectivity index (χ2n) is 8.50. The van der Waals surface area contributed by atoms with Gasteiger partial charge >= 0.3 is 0 Å². The van der Waals surface area contributed by atoms with Gasteiger partial charge in [0, 0.05) is 50.2 Å². The third-order valence-corrected chi connectivity index (χ3v) is 9.38. The summed E-state index contributed by atoms with van der Waals surface area (Å²) in [5, 5.41) is 2.55. The first kappa shape index (κ1) is 24.1. The highest BCUT2D eigenvalue weighted by molar-refractivity contribution is 7.86. The van der Waals surface area contributed by atoms with Crippen LogP contribution in [0.15, 0.2) is 29.6 Å². The summed E-state index contributed by atoms with van der Waals surface area (Å²) in [6, 6.07) is 7.74. The first-order valence-electron chi connectivity index (χ1n) is 11.6. The van der Waals surface area contributed by atoms with E-state index in [-0.39, 0.29) is 11.9 Å². The minimum atomic E-state index is -3.51. The van der Waals surface area contributed by atoms with Gasteiger partial charge in [-0.15, -0.1) is 11.3 Å². The van der Waals surface area contributed by atoms with Crippen molar-refractivity contribution in [2.45, 2.75) is 45.1 Å². The maximum atomic E-state index is 13.1. The molecule has 4 rings (SSSR count). The van der Waals surface area contributed by atoms with Crippen molar-refractivity contribution in [1.82, 2.24) is 18.5 Å². The van der Waals surface area contributed by atoms with Gasteiger partial charge in [-0.05, 0) is 44.0 Å². The van der Waals surface area contributed by atoms with Crippen LogP contribution in [0, 0.1) is 0 Å². The van der Waals surface area contributed by atoms with E-state index in [9.17, 15) is 13.2 Å². The molecule has 33 heavy (non-hydrogen) atoms. The Morgan fingerprint density at radius 3 is 2.42 bits per heavy atom. The van der Waals surface area contributed by atoms with Crippen molar-refractivity contribution < 1.29 is 17.9 Å². The highest BCUT2D eigenvalue weighted by Gasteiger charge is 2.35. The van der Waals surface area contributed by atoms with Gasteiger partial charge in [0.25, 0.3) is 16.1 Å². The number of thiazole rings is 1. The van der Waals surface area contributed by atoms with E-state index in [0.29, 0.717) is 38.5 Å². The maximum absolute atomic E-state index is 13.1. The van der Waals surface area contributed by atoms with Gasteiger partial charge in [-0.1, -0.05) is 19.3 Å². The van der Waals surface area contributed by atoms with Crippen LogP contribution in [0.5, 0.6) is 5.75 Å². The van der Waals surface area contributed by atoms with Gasteiger partial charge in [-0.3, -0.25) is 4.79 Å². The molecule has 0 bridgehead atoms. The van der Waals surface area contributed by atoms with Gasteiger partial charge in [0.2, 0.25) is 0 Å². The molecule has 0 N–H and O–H groups in total. The summed E-state index contributed by atoms with van der Waals surface area (Å²) in [5.74, 6) is 0.650. The van der Waals surface area contributed by atoms with E-state index in [1.807, 2.05) is 31.2 Å². The monoisotopic (exact) mass is 492 g/mol. The molecule has 1 saturated carbocycles. The number of benzene rings is 1. The molecule has 2 fully saturated rings. The molecule has 0 unspecified atom stereocenters. The van der Waals surface area contributed by atoms with Crippen LogP contribution in [-0.2, 0) is 10.2 Å². The Morgan fingerprint density at radius 1 is 1.12 bits per heavy atom. The summed E-state index contributed by atoms with van der Waals surface area (Å²) < 4.78 is 34.7. The van der Waals surface area contributed by atoms with Crippen LogP contribution in [0.4, 0.5) is 0 Å². The molecule has 1 aromatic carbocycles. The summed E-state index contributed by atoms with van der Waals surface area (Å²) in [6.45, 7) is 3.90. The summed E-state index contributed by atoms with van der Waals surface area (Å²) in [6.07, 6.45) is 5.20. The second-order valence-corrected chi connectivity index (χ2v) is 11.3. The molecule has 0 radical (unpaired) electrons. The lowest BCUT2D eigenvalue weighted by molar-refractivity contribution is 0.0688. The minimum Gasteiger partial charge on any atom is -0.494 e. The Kier molecular flexibility index (Phi) is 7.68. The summed E-state index contributed by atoms with van der Waals surface area (Å²) in [5.41, 5.74) is 1.34. The van der Waals surface area contributed by atoms with Crippen LogP contribution < -0.4 is 4.74 Å². The van der Waals surface area contributed by atoms with E-state index in [4.69, 9.17) is 4.74 Å². The largest absolute Gasteiger partial charge is 0.494 e. The zero-order valence-corrected chi connectivity index (χ0v) is 20.9. The summed E-state index contributed by atoms with van der Waals surface area (Å²) >= 11 is 1.43. The number of nitrogens with zero attached hydrogens (tertiary/aromatic N) is 4.